The molecule has 0 spiro atoms. The van der Waals surface area contributed by atoms with Crippen molar-refractivity contribution < 1.29 is 9.53 Å². The van der Waals surface area contributed by atoms with Gasteiger partial charge in [-0.3, -0.25) is 9.69 Å². The highest BCUT2D eigenvalue weighted by Crippen LogP contribution is 2.20. The van der Waals surface area contributed by atoms with Gasteiger partial charge in [-0.25, -0.2) is 0 Å². The lowest BCUT2D eigenvalue weighted by atomic mass is 10.2. The maximum atomic E-state index is 12.6. The molecule has 1 saturated heterocycles. The van der Waals surface area contributed by atoms with Crippen LogP contribution in [0.4, 0.5) is 5.69 Å². The van der Waals surface area contributed by atoms with Gasteiger partial charge in [0.25, 0.3) is 11.9 Å². The summed E-state index contributed by atoms with van der Waals surface area (Å²) in [5.74, 6) is -0.131. The van der Waals surface area contributed by atoms with Crippen molar-refractivity contribution >= 4 is 17.6 Å². The van der Waals surface area contributed by atoms with E-state index in [0.29, 0.717) is 24.7 Å². The number of hydrogen-bond donors (Lipinski definition) is 1. The zero-order valence-corrected chi connectivity index (χ0v) is 15.4. The average Bonchev–Trinajstić information content (AvgIpc) is 3.11. The Hall–Kier alpha value is -3.60. The maximum Gasteiger partial charge on any atom is 0.294 e. The highest BCUT2D eigenvalue weighted by atomic mass is 16.5. The van der Waals surface area contributed by atoms with Crippen molar-refractivity contribution in [2.45, 2.75) is 12.7 Å². The van der Waals surface area contributed by atoms with E-state index in [1.54, 1.807) is 12.1 Å². The number of hydrogen-bond acceptors (Lipinski definition) is 3. The molecular weight excluding hydrogens is 350 g/mol. The van der Waals surface area contributed by atoms with Gasteiger partial charge in [-0.05, 0) is 29.8 Å². The van der Waals surface area contributed by atoms with Gasteiger partial charge in [-0.1, -0.05) is 66.7 Å². The van der Waals surface area contributed by atoms with E-state index in [-0.39, 0.29) is 12.1 Å². The molecule has 5 heteroatoms. The van der Waals surface area contributed by atoms with Crippen molar-refractivity contribution in [1.82, 2.24) is 10.2 Å². The van der Waals surface area contributed by atoms with Crippen molar-refractivity contribution in [2.24, 2.45) is 4.99 Å². The van der Waals surface area contributed by atoms with Crippen LogP contribution in [0.5, 0.6) is 0 Å². The lowest BCUT2D eigenvalue weighted by Gasteiger charge is -2.24. The van der Waals surface area contributed by atoms with Crippen LogP contribution in [0.1, 0.15) is 15.9 Å². The summed E-state index contributed by atoms with van der Waals surface area (Å²) in [6.45, 7) is 0.934. The maximum absolute atomic E-state index is 12.6. The Morgan fingerprint density at radius 3 is 2.21 bits per heavy atom. The van der Waals surface area contributed by atoms with Crippen LogP contribution >= 0.6 is 0 Å². The van der Waals surface area contributed by atoms with Crippen molar-refractivity contribution in [3.05, 3.63) is 102 Å². The van der Waals surface area contributed by atoms with Crippen LogP contribution in [0.25, 0.3) is 0 Å². The molecule has 0 aromatic heterocycles. The summed E-state index contributed by atoms with van der Waals surface area (Å²) in [6, 6.07) is 29.4. The fourth-order valence-corrected chi connectivity index (χ4v) is 3.07. The first-order valence-electron chi connectivity index (χ1n) is 9.22. The predicted molar refractivity (Wildman–Crippen MR) is 109 cm³/mol. The first-order valence-corrected chi connectivity index (χ1v) is 9.22. The van der Waals surface area contributed by atoms with Gasteiger partial charge in [0.15, 0.2) is 0 Å². The molecule has 1 fully saturated rings. The van der Waals surface area contributed by atoms with Crippen LogP contribution in [0.2, 0.25) is 0 Å². The number of ether oxygens (including phenoxy) is 1. The molecule has 3 aromatic carbocycles. The highest BCUT2D eigenvalue weighted by Gasteiger charge is 2.32. The molecule has 4 rings (SSSR count). The van der Waals surface area contributed by atoms with Gasteiger partial charge < -0.3 is 10.1 Å². The number of para-hydroxylation sites is 1. The molecule has 1 amide bonds. The fourth-order valence-electron chi connectivity index (χ4n) is 3.07. The normalized spacial score (nSPS) is 17.4. The SMILES string of the molecule is O=C(NC1COC(=Nc2ccccc2)N1Cc1ccccc1)c1ccccc1. The van der Waals surface area contributed by atoms with Crippen LogP contribution < -0.4 is 5.32 Å². The number of benzene rings is 3. The van der Waals surface area contributed by atoms with E-state index < -0.39 is 0 Å². The number of nitrogens with one attached hydrogen (secondary N) is 1. The summed E-state index contributed by atoms with van der Waals surface area (Å²) in [5.41, 5.74) is 2.55. The minimum Gasteiger partial charge on any atom is -0.461 e. The van der Waals surface area contributed by atoms with Gasteiger partial charge in [0.1, 0.15) is 12.8 Å². The number of amides is 1. The summed E-state index contributed by atoms with van der Waals surface area (Å²) < 4.78 is 5.85. The molecule has 0 bridgehead atoms. The molecule has 1 aliphatic heterocycles. The number of rotatable bonds is 5. The van der Waals surface area contributed by atoms with Gasteiger partial charge in [-0.2, -0.15) is 4.99 Å². The van der Waals surface area contributed by atoms with Crippen LogP contribution in [0.15, 0.2) is 96.0 Å². The Morgan fingerprint density at radius 1 is 0.929 bits per heavy atom. The first-order chi connectivity index (χ1) is 13.8. The summed E-state index contributed by atoms with van der Waals surface area (Å²) in [5, 5.41) is 3.06. The number of aliphatic imine (C=N–C) groups is 1. The Labute approximate surface area is 164 Å². The fraction of sp³-hybridized carbons (Fsp3) is 0.130. The number of carbonyl (C=O) groups excluding carboxylic acids is 1. The van der Waals surface area contributed by atoms with Gasteiger partial charge in [-0.15, -0.1) is 0 Å². The summed E-state index contributed by atoms with van der Waals surface area (Å²) in [7, 11) is 0. The van der Waals surface area contributed by atoms with Gasteiger partial charge in [0, 0.05) is 12.1 Å². The van der Waals surface area contributed by atoms with Crippen molar-refractivity contribution in [2.75, 3.05) is 6.61 Å². The molecule has 1 heterocycles. The molecule has 1 atom stereocenters. The van der Waals surface area contributed by atoms with E-state index in [0.717, 1.165) is 11.3 Å². The second kappa shape index (κ2) is 8.39. The largest absolute Gasteiger partial charge is 0.461 e. The molecule has 0 radical (unpaired) electrons. The molecule has 28 heavy (non-hydrogen) atoms. The van der Waals surface area contributed by atoms with E-state index in [2.05, 4.69) is 22.4 Å². The molecule has 1 aliphatic rings. The van der Waals surface area contributed by atoms with Gasteiger partial charge >= 0.3 is 0 Å². The first kappa shape index (κ1) is 17.8. The Kier molecular flexibility index (Phi) is 5.33. The Morgan fingerprint density at radius 2 is 1.54 bits per heavy atom. The molecule has 5 nitrogen and oxygen atoms in total. The predicted octanol–water partition coefficient (Wildman–Crippen LogP) is 3.96. The van der Waals surface area contributed by atoms with Crippen LogP contribution in [0, 0.1) is 0 Å². The van der Waals surface area contributed by atoms with Crippen LogP contribution in [-0.2, 0) is 11.3 Å². The summed E-state index contributed by atoms with van der Waals surface area (Å²) in [6.07, 6.45) is -0.296. The van der Waals surface area contributed by atoms with E-state index in [1.165, 1.54) is 0 Å². The smallest absolute Gasteiger partial charge is 0.294 e. The topological polar surface area (TPSA) is 53.9 Å². The quantitative estimate of drug-likeness (QED) is 0.739. The van der Waals surface area contributed by atoms with Crippen LogP contribution in [0.3, 0.4) is 0 Å². The molecular formula is C23H21N3O2. The van der Waals surface area contributed by atoms with E-state index in [1.807, 2.05) is 71.6 Å². The molecule has 140 valence electrons. The molecule has 3 aromatic rings. The summed E-state index contributed by atoms with van der Waals surface area (Å²) in [4.78, 5) is 19.3. The lowest BCUT2D eigenvalue weighted by molar-refractivity contribution is 0.0901. The van der Waals surface area contributed by atoms with Crippen LogP contribution in [-0.4, -0.2) is 29.6 Å². The number of amidine groups is 1. The summed E-state index contributed by atoms with van der Waals surface area (Å²) >= 11 is 0. The average molecular weight is 371 g/mol. The third-order valence-corrected chi connectivity index (χ3v) is 4.50. The Balaban J connectivity index is 1.58. The molecule has 0 saturated carbocycles. The second-order valence-corrected chi connectivity index (χ2v) is 6.51. The third-order valence-electron chi connectivity index (χ3n) is 4.50. The minimum absolute atomic E-state index is 0.131. The molecule has 0 aliphatic carbocycles. The van der Waals surface area contributed by atoms with E-state index >= 15 is 0 Å². The zero-order chi connectivity index (χ0) is 19.2. The molecule has 1 unspecified atom stereocenters. The molecule has 1 N–H and O–H groups in total. The standard InChI is InChI=1S/C23H21N3O2/c27-22(19-12-6-2-7-13-19)25-21-17-28-23(24-20-14-8-3-9-15-20)26(21)16-18-10-4-1-5-11-18/h1-15,21H,16-17H2,(H,25,27). The monoisotopic (exact) mass is 371 g/mol. The third kappa shape index (κ3) is 4.20. The van der Waals surface area contributed by atoms with Gasteiger partial charge in [0.2, 0.25) is 0 Å². The minimum atomic E-state index is -0.296. The highest BCUT2D eigenvalue weighted by molar-refractivity contribution is 5.94. The Bertz CT molecular complexity index is 943. The number of carbonyl (C=O) groups is 1. The number of nitrogens with zero attached hydrogens (tertiary/aromatic N) is 2. The van der Waals surface area contributed by atoms with Crippen molar-refractivity contribution in [3.63, 3.8) is 0 Å². The van der Waals surface area contributed by atoms with Crippen molar-refractivity contribution in [1.29, 1.82) is 0 Å². The van der Waals surface area contributed by atoms with Gasteiger partial charge in [0.05, 0.1) is 5.69 Å². The van der Waals surface area contributed by atoms with E-state index in [4.69, 9.17) is 4.74 Å². The van der Waals surface area contributed by atoms with E-state index in [9.17, 15) is 4.79 Å². The zero-order valence-electron chi connectivity index (χ0n) is 15.4. The lowest BCUT2D eigenvalue weighted by Crippen LogP contribution is -2.46. The second-order valence-electron chi connectivity index (χ2n) is 6.51. The van der Waals surface area contributed by atoms with Crippen molar-refractivity contribution in [3.8, 4) is 0 Å².